The standard InChI is InChI=1S/C15H11ClF2N4O2S/c16-9-1-3-10(4-2-9)23-8-12-6-5-11(24-12)7-19-22-14(13(17)18)20-21-15(22)25/h1-7,13H,8H2,(H,21,25)/b19-7+. The molecule has 10 heteroatoms. The second-order valence-electron chi connectivity index (χ2n) is 4.79. The number of ether oxygens (including phenoxy) is 1. The van der Waals surface area contributed by atoms with Crippen molar-refractivity contribution in [3.8, 4) is 5.75 Å². The molecule has 0 aliphatic heterocycles. The number of alkyl halides is 2. The number of furan rings is 1. The van der Waals surface area contributed by atoms with Crippen LogP contribution in [0.25, 0.3) is 0 Å². The van der Waals surface area contributed by atoms with Crippen molar-refractivity contribution in [2.75, 3.05) is 0 Å². The van der Waals surface area contributed by atoms with E-state index in [-0.39, 0.29) is 11.4 Å². The van der Waals surface area contributed by atoms with E-state index in [0.29, 0.717) is 22.3 Å². The maximum Gasteiger partial charge on any atom is 0.299 e. The van der Waals surface area contributed by atoms with Crippen molar-refractivity contribution in [1.29, 1.82) is 0 Å². The molecule has 0 radical (unpaired) electrons. The fourth-order valence-corrected chi connectivity index (χ4v) is 2.21. The Labute approximate surface area is 150 Å². The zero-order valence-corrected chi connectivity index (χ0v) is 14.1. The Hall–Kier alpha value is -2.52. The molecule has 0 unspecified atom stereocenters. The monoisotopic (exact) mass is 384 g/mol. The van der Waals surface area contributed by atoms with E-state index in [1.165, 1.54) is 6.21 Å². The van der Waals surface area contributed by atoms with Gasteiger partial charge in [0.2, 0.25) is 10.6 Å². The van der Waals surface area contributed by atoms with Gasteiger partial charge in [-0.25, -0.2) is 13.9 Å². The Morgan fingerprint density at radius 3 is 2.80 bits per heavy atom. The molecule has 0 fully saturated rings. The Morgan fingerprint density at radius 2 is 2.08 bits per heavy atom. The molecule has 1 N–H and O–H groups in total. The summed E-state index contributed by atoms with van der Waals surface area (Å²) < 4.78 is 37.4. The first-order valence-corrected chi connectivity index (χ1v) is 7.78. The number of halogens is 3. The SMILES string of the molecule is FC(F)c1n[nH]c(=S)n1/N=C/c1ccc(COc2ccc(Cl)cc2)o1. The van der Waals surface area contributed by atoms with Crippen molar-refractivity contribution >= 4 is 30.0 Å². The summed E-state index contributed by atoms with van der Waals surface area (Å²) in [6.45, 7) is 0.197. The molecule has 25 heavy (non-hydrogen) atoms. The summed E-state index contributed by atoms with van der Waals surface area (Å²) in [6.07, 6.45) is -1.53. The molecule has 0 bridgehead atoms. The lowest BCUT2D eigenvalue weighted by atomic mass is 10.3. The van der Waals surface area contributed by atoms with Crippen LogP contribution in [0.3, 0.4) is 0 Å². The van der Waals surface area contributed by atoms with Gasteiger partial charge in [-0.05, 0) is 48.6 Å². The largest absolute Gasteiger partial charge is 0.486 e. The minimum Gasteiger partial charge on any atom is -0.486 e. The smallest absolute Gasteiger partial charge is 0.299 e. The second-order valence-corrected chi connectivity index (χ2v) is 5.61. The Morgan fingerprint density at radius 1 is 1.32 bits per heavy atom. The molecule has 0 spiro atoms. The maximum absolute atomic E-state index is 12.8. The summed E-state index contributed by atoms with van der Waals surface area (Å²) in [4.78, 5) is 0. The predicted octanol–water partition coefficient (Wildman–Crippen LogP) is 4.59. The number of aromatic amines is 1. The second kappa shape index (κ2) is 7.58. The first-order valence-electron chi connectivity index (χ1n) is 7.00. The van der Waals surface area contributed by atoms with Crippen molar-refractivity contribution in [1.82, 2.24) is 14.9 Å². The zero-order valence-electron chi connectivity index (χ0n) is 12.5. The molecule has 0 amide bonds. The van der Waals surface area contributed by atoms with Gasteiger partial charge in [0.1, 0.15) is 23.9 Å². The fraction of sp³-hybridized carbons (Fsp3) is 0.133. The summed E-state index contributed by atoms with van der Waals surface area (Å²) in [5.41, 5.74) is 0. The van der Waals surface area contributed by atoms with Crippen molar-refractivity contribution in [3.05, 3.63) is 63.5 Å². The summed E-state index contributed by atoms with van der Waals surface area (Å²) in [7, 11) is 0. The number of benzene rings is 1. The van der Waals surface area contributed by atoms with E-state index in [1.807, 2.05) is 0 Å². The number of hydrogen-bond donors (Lipinski definition) is 1. The Balaban J connectivity index is 1.66. The third kappa shape index (κ3) is 4.31. The van der Waals surface area contributed by atoms with Crippen LogP contribution in [0.15, 0.2) is 45.9 Å². The quantitative estimate of drug-likeness (QED) is 0.498. The van der Waals surface area contributed by atoms with Gasteiger partial charge in [0, 0.05) is 5.02 Å². The van der Waals surface area contributed by atoms with E-state index < -0.39 is 12.2 Å². The number of H-pyrrole nitrogens is 1. The lowest BCUT2D eigenvalue weighted by Crippen LogP contribution is -1.99. The van der Waals surface area contributed by atoms with E-state index in [1.54, 1.807) is 36.4 Å². The highest BCUT2D eigenvalue weighted by Gasteiger charge is 2.16. The number of nitrogens with zero attached hydrogens (tertiary/aromatic N) is 3. The van der Waals surface area contributed by atoms with Gasteiger partial charge in [-0.15, -0.1) is 0 Å². The lowest BCUT2D eigenvalue weighted by molar-refractivity contribution is 0.136. The van der Waals surface area contributed by atoms with Gasteiger partial charge in [0.15, 0.2) is 0 Å². The molecule has 6 nitrogen and oxygen atoms in total. The lowest BCUT2D eigenvalue weighted by Gasteiger charge is -2.03. The first kappa shape index (κ1) is 17.3. The summed E-state index contributed by atoms with van der Waals surface area (Å²) in [6, 6.07) is 10.2. The molecule has 0 atom stereocenters. The molecule has 1 aromatic carbocycles. The maximum atomic E-state index is 12.8. The van der Waals surface area contributed by atoms with Crippen LogP contribution in [0.5, 0.6) is 5.75 Å². The van der Waals surface area contributed by atoms with Gasteiger partial charge in [-0.1, -0.05) is 11.6 Å². The van der Waals surface area contributed by atoms with Crippen molar-refractivity contribution in [2.45, 2.75) is 13.0 Å². The topological polar surface area (TPSA) is 68.3 Å². The molecule has 0 saturated heterocycles. The van der Waals surface area contributed by atoms with Crippen LogP contribution in [-0.2, 0) is 6.61 Å². The van der Waals surface area contributed by atoms with Gasteiger partial charge < -0.3 is 9.15 Å². The van der Waals surface area contributed by atoms with Gasteiger partial charge in [-0.2, -0.15) is 14.9 Å². The summed E-state index contributed by atoms with van der Waals surface area (Å²) >= 11 is 10.7. The molecule has 2 aromatic heterocycles. The van der Waals surface area contributed by atoms with Crippen molar-refractivity contribution < 1.29 is 17.9 Å². The van der Waals surface area contributed by atoms with E-state index >= 15 is 0 Å². The molecule has 3 rings (SSSR count). The molecule has 2 heterocycles. The number of rotatable bonds is 6. The Bertz CT molecular complexity index is 934. The van der Waals surface area contributed by atoms with E-state index in [4.69, 9.17) is 33.0 Å². The van der Waals surface area contributed by atoms with Crippen LogP contribution in [0.2, 0.25) is 5.02 Å². The van der Waals surface area contributed by atoms with E-state index in [9.17, 15) is 8.78 Å². The molecular weight excluding hydrogens is 374 g/mol. The average Bonchev–Trinajstić information content (AvgIpc) is 3.19. The van der Waals surface area contributed by atoms with Crippen LogP contribution >= 0.6 is 23.8 Å². The van der Waals surface area contributed by atoms with Crippen molar-refractivity contribution in [2.24, 2.45) is 5.10 Å². The fourth-order valence-electron chi connectivity index (χ4n) is 1.90. The Kier molecular flexibility index (Phi) is 5.25. The van der Waals surface area contributed by atoms with Crippen LogP contribution < -0.4 is 4.74 Å². The average molecular weight is 385 g/mol. The highest BCUT2D eigenvalue weighted by Crippen LogP contribution is 2.18. The van der Waals surface area contributed by atoms with Crippen molar-refractivity contribution in [3.63, 3.8) is 0 Å². The highest BCUT2D eigenvalue weighted by molar-refractivity contribution is 7.71. The van der Waals surface area contributed by atoms with Crippen LogP contribution in [-0.4, -0.2) is 21.1 Å². The summed E-state index contributed by atoms with van der Waals surface area (Å²) in [5.74, 6) is 0.973. The normalized spacial score (nSPS) is 11.5. The molecule has 0 aliphatic rings. The molecule has 0 saturated carbocycles. The van der Waals surface area contributed by atoms with Crippen LogP contribution in [0.4, 0.5) is 8.78 Å². The van der Waals surface area contributed by atoms with E-state index in [2.05, 4.69) is 15.3 Å². The first-order chi connectivity index (χ1) is 12.0. The van der Waals surface area contributed by atoms with Gasteiger partial charge in [0.05, 0.1) is 6.21 Å². The zero-order chi connectivity index (χ0) is 17.8. The van der Waals surface area contributed by atoms with Gasteiger partial charge >= 0.3 is 0 Å². The number of aromatic nitrogens is 3. The van der Waals surface area contributed by atoms with Crippen LogP contribution in [0.1, 0.15) is 23.8 Å². The number of hydrogen-bond acceptors (Lipinski definition) is 5. The van der Waals surface area contributed by atoms with Crippen LogP contribution in [0, 0.1) is 4.77 Å². The van der Waals surface area contributed by atoms with Gasteiger partial charge in [-0.3, -0.25) is 0 Å². The highest BCUT2D eigenvalue weighted by atomic mass is 35.5. The molecular formula is C15H11ClF2N4O2S. The third-order valence-corrected chi connectivity index (χ3v) is 3.56. The molecule has 0 aliphatic carbocycles. The number of nitrogens with one attached hydrogen (secondary N) is 1. The predicted molar refractivity (Wildman–Crippen MR) is 89.9 cm³/mol. The third-order valence-electron chi connectivity index (χ3n) is 3.05. The minimum atomic E-state index is -2.80. The van der Waals surface area contributed by atoms with E-state index in [0.717, 1.165) is 4.68 Å². The molecule has 3 aromatic rings. The summed E-state index contributed by atoms with van der Waals surface area (Å²) in [5, 5.41) is 10.2. The molecule has 130 valence electrons. The van der Waals surface area contributed by atoms with Gasteiger partial charge in [0.25, 0.3) is 6.43 Å². The minimum absolute atomic E-state index is 0.0376.